The van der Waals surface area contributed by atoms with E-state index in [2.05, 4.69) is 0 Å². The van der Waals surface area contributed by atoms with E-state index in [4.69, 9.17) is 33.2 Å². The Bertz CT molecular complexity index is 775. The van der Waals surface area contributed by atoms with Crippen LogP contribution in [0, 0.1) is 0 Å². The van der Waals surface area contributed by atoms with Crippen molar-refractivity contribution in [3.63, 3.8) is 0 Å². The molecule has 0 aromatic heterocycles. The van der Waals surface area contributed by atoms with E-state index in [1.165, 1.54) is 14.2 Å². The molecule has 192 valence electrons. The number of rotatable bonds is 11. The van der Waals surface area contributed by atoms with E-state index >= 15 is 0 Å². The maximum atomic E-state index is 12.0. The molecule has 2 aliphatic heterocycles. The lowest BCUT2D eigenvalue weighted by atomic mass is 9.93. The number of ether oxygens (including phenoxy) is 7. The minimum Gasteiger partial charge on any atom is -0.461 e. The van der Waals surface area contributed by atoms with Gasteiger partial charge in [-0.15, -0.1) is 0 Å². The topological polar surface area (TPSA) is 102 Å². The fourth-order valence-corrected chi connectivity index (χ4v) is 4.22. The monoisotopic (exact) mass is 482 g/mol. The van der Waals surface area contributed by atoms with Gasteiger partial charge < -0.3 is 38.3 Å². The van der Waals surface area contributed by atoms with Gasteiger partial charge in [-0.2, -0.15) is 0 Å². The predicted molar refractivity (Wildman–Crippen MR) is 122 cm³/mol. The van der Waals surface area contributed by atoms with Gasteiger partial charge in [-0.3, -0.25) is 4.79 Å². The number of hydrogen-bond acceptors (Lipinski definition) is 9. The van der Waals surface area contributed by atoms with Crippen LogP contribution in [-0.4, -0.2) is 74.2 Å². The highest BCUT2D eigenvalue weighted by Crippen LogP contribution is 2.44. The predicted octanol–water partition coefficient (Wildman–Crippen LogP) is 2.92. The van der Waals surface area contributed by atoms with Crippen LogP contribution < -0.4 is 0 Å². The van der Waals surface area contributed by atoms with Gasteiger partial charge in [0.1, 0.15) is 24.9 Å². The van der Waals surface area contributed by atoms with Crippen molar-refractivity contribution < 1.29 is 43.1 Å². The zero-order valence-electron chi connectivity index (χ0n) is 20.7. The maximum Gasteiger partial charge on any atom is 0.306 e. The molecule has 9 nitrogen and oxygen atoms in total. The largest absolute Gasteiger partial charge is 0.461 e. The molecule has 3 rings (SSSR count). The lowest BCUT2D eigenvalue weighted by molar-refractivity contribution is -0.479. The Kier molecular flexibility index (Phi) is 9.45. The quantitative estimate of drug-likeness (QED) is 0.377. The fraction of sp³-hybridized carbons (Fsp3) is 0.720. The second kappa shape index (κ2) is 11.9. The third kappa shape index (κ3) is 5.96. The molecule has 2 fully saturated rings. The number of fused-ring (bicyclic) bond motifs is 1. The summed E-state index contributed by atoms with van der Waals surface area (Å²) in [6.45, 7) is 6.00. The van der Waals surface area contributed by atoms with Crippen molar-refractivity contribution in [1.82, 2.24) is 0 Å². The lowest BCUT2D eigenvalue weighted by Crippen LogP contribution is -2.72. The maximum absolute atomic E-state index is 12.0. The summed E-state index contributed by atoms with van der Waals surface area (Å²) in [4.78, 5) is 12.0. The Balaban J connectivity index is 1.46. The molecule has 1 aromatic rings. The normalized spacial score (nSPS) is 35.5. The van der Waals surface area contributed by atoms with Gasteiger partial charge >= 0.3 is 5.97 Å². The molecule has 1 N–H and O–H groups in total. The van der Waals surface area contributed by atoms with Crippen molar-refractivity contribution in [3.05, 3.63) is 35.9 Å². The highest BCUT2D eigenvalue weighted by molar-refractivity contribution is 5.69. The molecule has 9 heteroatoms. The SMILES string of the molecule is CCC1O[C@H](OCCCCC(=O)OCc2ccccc2)[C@H](O)C2OC(C)(OC)C(C)(OC)O[C@H]12. The molecule has 4 unspecified atom stereocenters. The van der Waals surface area contributed by atoms with Crippen LogP contribution in [0.4, 0.5) is 0 Å². The van der Waals surface area contributed by atoms with Gasteiger partial charge in [-0.05, 0) is 38.7 Å². The molecule has 2 saturated heterocycles. The third-order valence-electron chi connectivity index (χ3n) is 6.64. The fourth-order valence-electron chi connectivity index (χ4n) is 4.22. The molecule has 7 atom stereocenters. The van der Waals surface area contributed by atoms with E-state index < -0.39 is 36.2 Å². The minimum absolute atomic E-state index is 0.250. The average molecular weight is 483 g/mol. The van der Waals surface area contributed by atoms with Gasteiger partial charge in [-0.1, -0.05) is 37.3 Å². The second-order valence-corrected chi connectivity index (χ2v) is 8.88. The number of carbonyl (C=O) groups excluding carboxylic acids is 1. The molecule has 0 amide bonds. The number of aliphatic hydroxyl groups excluding tert-OH is 1. The van der Waals surface area contributed by atoms with Crippen LogP contribution in [0.1, 0.15) is 52.0 Å². The molecule has 34 heavy (non-hydrogen) atoms. The summed E-state index contributed by atoms with van der Waals surface area (Å²) in [5.41, 5.74) is 0.954. The van der Waals surface area contributed by atoms with Crippen LogP contribution in [0.15, 0.2) is 30.3 Å². The summed E-state index contributed by atoms with van der Waals surface area (Å²) in [5.74, 6) is -2.66. The van der Waals surface area contributed by atoms with E-state index in [1.54, 1.807) is 13.8 Å². The zero-order chi connectivity index (χ0) is 24.8. The van der Waals surface area contributed by atoms with E-state index in [-0.39, 0.29) is 18.7 Å². The summed E-state index contributed by atoms with van der Waals surface area (Å²) in [7, 11) is 3.02. The summed E-state index contributed by atoms with van der Waals surface area (Å²) in [6, 6.07) is 9.56. The molecule has 0 bridgehead atoms. The first kappa shape index (κ1) is 27.0. The molecule has 0 radical (unpaired) electrons. The van der Waals surface area contributed by atoms with Crippen LogP contribution >= 0.6 is 0 Å². The smallest absolute Gasteiger partial charge is 0.306 e. The minimum atomic E-state index is -1.23. The first-order valence-corrected chi connectivity index (χ1v) is 11.9. The second-order valence-electron chi connectivity index (χ2n) is 8.88. The van der Waals surface area contributed by atoms with Gasteiger partial charge in [-0.25, -0.2) is 0 Å². The van der Waals surface area contributed by atoms with Crippen LogP contribution in [-0.2, 0) is 44.6 Å². The summed E-state index contributed by atoms with van der Waals surface area (Å²) >= 11 is 0. The number of benzene rings is 1. The van der Waals surface area contributed by atoms with E-state index in [1.807, 2.05) is 37.3 Å². The summed E-state index contributed by atoms with van der Waals surface area (Å²) in [6.07, 6.45) is -1.44. The van der Waals surface area contributed by atoms with E-state index in [9.17, 15) is 9.90 Å². The highest BCUT2D eigenvalue weighted by atomic mass is 16.8. The molecule has 0 saturated carbocycles. The van der Waals surface area contributed by atoms with Crippen LogP contribution in [0.2, 0.25) is 0 Å². The molecule has 0 aliphatic carbocycles. The Labute approximate surface area is 201 Å². The van der Waals surface area contributed by atoms with Crippen molar-refractivity contribution in [2.24, 2.45) is 0 Å². The van der Waals surface area contributed by atoms with Crippen molar-refractivity contribution in [1.29, 1.82) is 0 Å². The average Bonchev–Trinajstić information content (AvgIpc) is 2.85. The van der Waals surface area contributed by atoms with Crippen molar-refractivity contribution in [2.45, 2.75) is 95.3 Å². The Morgan fingerprint density at radius 3 is 2.29 bits per heavy atom. The van der Waals surface area contributed by atoms with Crippen molar-refractivity contribution in [3.8, 4) is 0 Å². The van der Waals surface area contributed by atoms with Gasteiger partial charge in [0.05, 0.1) is 6.10 Å². The number of aliphatic hydroxyl groups is 1. The standard InChI is InChI=1S/C25H38O9/c1-6-18-21-22(34-25(3,29-5)24(2,28-4)33-21)20(27)23(32-18)30-15-11-10-14-19(26)31-16-17-12-8-7-9-13-17/h7-9,12-13,18,20-23,27H,6,10-11,14-16H2,1-5H3/t18?,20-,21-,22?,23+,24?,25?/m1/s1. The van der Waals surface area contributed by atoms with Gasteiger partial charge in [0.25, 0.3) is 0 Å². The van der Waals surface area contributed by atoms with Crippen LogP contribution in [0.3, 0.4) is 0 Å². The highest BCUT2D eigenvalue weighted by Gasteiger charge is 2.62. The van der Waals surface area contributed by atoms with E-state index in [0.717, 1.165) is 5.56 Å². The van der Waals surface area contributed by atoms with Crippen LogP contribution in [0.5, 0.6) is 0 Å². The summed E-state index contributed by atoms with van der Waals surface area (Å²) in [5, 5.41) is 10.9. The number of hydrogen-bond donors (Lipinski definition) is 1. The summed E-state index contributed by atoms with van der Waals surface area (Å²) < 4.78 is 40.7. The lowest BCUT2D eigenvalue weighted by Gasteiger charge is -2.56. The van der Waals surface area contributed by atoms with Gasteiger partial charge in [0.15, 0.2) is 6.29 Å². The van der Waals surface area contributed by atoms with E-state index in [0.29, 0.717) is 32.3 Å². The number of carbonyl (C=O) groups is 1. The molecular formula is C25H38O9. The molecular weight excluding hydrogens is 444 g/mol. The molecule has 0 spiro atoms. The Morgan fingerprint density at radius 2 is 1.68 bits per heavy atom. The third-order valence-corrected chi connectivity index (χ3v) is 6.64. The first-order valence-electron chi connectivity index (χ1n) is 11.9. The number of unbranched alkanes of at least 4 members (excludes halogenated alkanes) is 1. The van der Waals surface area contributed by atoms with Crippen LogP contribution in [0.25, 0.3) is 0 Å². The Hall–Kier alpha value is -1.59. The molecule has 2 aliphatic rings. The number of esters is 1. The molecule has 1 aromatic carbocycles. The zero-order valence-corrected chi connectivity index (χ0v) is 20.7. The van der Waals surface area contributed by atoms with Gasteiger partial charge in [0, 0.05) is 27.2 Å². The molecule has 2 heterocycles. The number of methoxy groups -OCH3 is 2. The Morgan fingerprint density at radius 1 is 1.03 bits per heavy atom. The van der Waals surface area contributed by atoms with Gasteiger partial charge in [0.2, 0.25) is 11.6 Å². The van der Waals surface area contributed by atoms with Crippen molar-refractivity contribution in [2.75, 3.05) is 20.8 Å². The van der Waals surface area contributed by atoms with Crippen molar-refractivity contribution >= 4 is 5.97 Å². The first-order chi connectivity index (χ1) is 16.3.